The highest BCUT2D eigenvalue weighted by Gasteiger charge is 2.09. The molecule has 0 unspecified atom stereocenters. The van der Waals surface area contributed by atoms with Crippen LogP contribution in [0.4, 0.5) is 17.1 Å². The highest BCUT2D eigenvalue weighted by Crippen LogP contribution is 2.26. The van der Waals surface area contributed by atoms with E-state index < -0.39 is 0 Å². The number of halogens is 2. The van der Waals surface area contributed by atoms with Gasteiger partial charge in [-0.2, -0.15) is 0 Å². The molecule has 2 aromatic rings. The highest BCUT2D eigenvalue weighted by molar-refractivity contribution is 9.11. The number of amides is 1. The van der Waals surface area contributed by atoms with Gasteiger partial charge in [0.25, 0.3) is 5.91 Å². The van der Waals surface area contributed by atoms with Crippen molar-refractivity contribution < 1.29 is 4.79 Å². The number of carbonyl (C=O) groups excluding carboxylic acids is 1. The Morgan fingerprint density at radius 1 is 1.00 bits per heavy atom. The van der Waals surface area contributed by atoms with Crippen molar-refractivity contribution in [3.63, 3.8) is 0 Å². The van der Waals surface area contributed by atoms with Crippen LogP contribution in [0.5, 0.6) is 0 Å². The molecule has 2 aromatic carbocycles. The largest absolute Gasteiger partial charge is 0.399 e. The molecule has 98 valence electrons. The van der Waals surface area contributed by atoms with Crippen molar-refractivity contribution in [3.05, 3.63) is 50.9 Å². The third-order valence-corrected chi connectivity index (χ3v) is 3.57. The lowest BCUT2D eigenvalue weighted by atomic mass is 10.1. The van der Waals surface area contributed by atoms with E-state index in [-0.39, 0.29) is 5.91 Å². The van der Waals surface area contributed by atoms with E-state index in [1.165, 1.54) is 0 Å². The van der Waals surface area contributed by atoms with Gasteiger partial charge in [0.2, 0.25) is 0 Å². The summed E-state index contributed by atoms with van der Waals surface area (Å²) in [6, 6.07) is 10.3. The van der Waals surface area contributed by atoms with Gasteiger partial charge in [0, 0.05) is 25.9 Å². The molecular weight excluding hydrogens is 374 g/mol. The topological polar surface area (TPSA) is 81.1 Å². The smallest absolute Gasteiger partial charge is 0.255 e. The molecule has 0 bridgehead atoms. The summed E-state index contributed by atoms with van der Waals surface area (Å²) in [5.74, 6) is -0.262. The lowest BCUT2D eigenvalue weighted by Gasteiger charge is -2.09. The summed E-state index contributed by atoms with van der Waals surface area (Å²) in [5.41, 5.74) is 13.3. The van der Waals surface area contributed by atoms with Gasteiger partial charge in [-0.1, -0.05) is 15.9 Å². The molecule has 1 amide bonds. The van der Waals surface area contributed by atoms with Crippen LogP contribution in [-0.2, 0) is 0 Å². The third-order valence-electron chi connectivity index (χ3n) is 2.42. The van der Waals surface area contributed by atoms with Crippen molar-refractivity contribution in [1.82, 2.24) is 0 Å². The minimum atomic E-state index is -0.262. The first-order chi connectivity index (χ1) is 8.95. The summed E-state index contributed by atoms with van der Waals surface area (Å²) >= 11 is 6.73. The van der Waals surface area contributed by atoms with Gasteiger partial charge in [-0.25, -0.2) is 0 Å². The number of nitrogens with one attached hydrogen (secondary N) is 1. The molecule has 0 saturated carbocycles. The first-order valence-electron chi connectivity index (χ1n) is 5.38. The van der Waals surface area contributed by atoms with E-state index in [4.69, 9.17) is 11.5 Å². The van der Waals surface area contributed by atoms with Gasteiger partial charge in [-0.05, 0) is 52.3 Å². The molecule has 0 atom stereocenters. The highest BCUT2D eigenvalue weighted by atomic mass is 79.9. The SMILES string of the molecule is Nc1cc(N)cc(C(=O)Nc2ccc(Br)cc2Br)c1. The van der Waals surface area contributed by atoms with E-state index >= 15 is 0 Å². The predicted molar refractivity (Wildman–Crippen MR) is 85.1 cm³/mol. The number of anilines is 3. The fourth-order valence-corrected chi connectivity index (χ4v) is 2.74. The Kier molecular flexibility index (Phi) is 4.11. The molecule has 0 fully saturated rings. The van der Waals surface area contributed by atoms with Gasteiger partial charge in [0.15, 0.2) is 0 Å². The first-order valence-corrected chi connectivity index (χ1v) is 6.97. The Morgan fingerprint density at radius 2 is 1.63 bits per heavy atom. The predicted octanol–water partition coefficient (Wildman–Crippen LogP) is 3.63. The zero-order valence-corrected chi connectivity index (χ0v) is 13.0. The van der Waals surface area contributed by atoms with Crippen LogP contribution >= 0.6 is 31.9 Å². The maximum Gasteiger partial charge on any atom is 0.255 e. The number of hydrogen-bond acceptors (Lipinski definition) is 3. The molecule has 0 heterocycles. The quantitative estimate of drug-likeness (QED) is 0.691. The fourth-order valence-electron chi connectivity index (χ4n) is 1.59. The summed E-state index contributed by atoms with van der Waals surface area (Å²) in [6.07, 6.45) is 0. The van der Waals surface area contributed by atoms with Crippen LogP contribution in [0.3, 0.4) is 0 Å². The minimum absolute atomic E-state index is 0.262. The van der Waals surface area contributed by atoms with Gasteiger partial charge in [-0.3, -0.25) is 4.79 Å². The number of hydrogen-bond donors (Lipinski definition) is 3. The summed E-state index contributed by atoms with van der Waals surface area (Å²) < 4.78 is 1.71. The van der Waals surface area contributed by atoms with Crippen LogP contribution in [0.1, 0.15) is 10.4 Å². The summed E-state index contributed by atoms with van der Waals surface area (Å²) in [7, 11) is 0. The summed E-state index contributed by atoms with van der Waals surface area (Å²) in [6.45, 7) is 0. The van der Waals surface area contributed by atoms with Gasteiger partial charge >= 0.3 is 0 Å². The third kappa shape index (κ3) is 3.48. The lowest BCUT2D eigenvalue weighted by molar-refractivity contribution is 0.102. The van der Waals surface area contributed by atoms with Crippen LogP contribution in [-0.4, -0.2) is 5.91 Å². The Balaban J connectivity index is 2.25. The molecule has 2 rings (SSSR count). The molecule has 6 heteroatoms. The molecule has 0 saturated heterocycles. The molecule has 19 heavy (non-hydrogen) atoms. The van der Waals surface area contributed by atoms with E-state index in [0.29, 0.717) is 22.6 Å². The van der Waals surface area contributed by atoms with E-state index in [1.807, 2.05) is 12.1 Å². The zero-order chi connectivity index (χ0) is 14.0. The Bertz CT molecular complexity index is 624. The molecule has 0 spiro atoms. The molecule has 5 N–H and O–H groups in total. The maximum atomic E-state index is 12.1. The van der Waals surface area contributed by atoms with Crippen LogP contribution in [0.15, 0.2) is 45.3 Å². The second-order valence-corrected chi connectivity index (χ2v) is 5.74. The standard InChI is InChI=1S/C13H11Br2N3O/c14-8-1-2-12(11(15)5-8)18-13(19)7-3-9(16)6-10(17)4-7/h1-6H,16-17H2,(H,18,19). The molecule has 0 aliphatic carbocycles. The summed E-state index contributed by atoms with van der Waals surface area (Å²) in [5, 5.41) is 2.79. The van der Waals surface area contributed by atoms with Crippen molar-refractivity contribution >= 4 is 54.8 Å². The molecule has 0 aliphatic heterocycles. The average molecular weight is 385 g/mol. The van der Waals surface area contributed by atoms with E-state index in [0.717, 1.165) is 8.95 Å². The van der Waals surface area contributed by atoms with Crippen molar-refractivity contribution in [3.8, 4) is 0 Å². The second-order valence-electron chi connectivity index (χ2n) is 3.97. The average Bonchev–Trinajstić information content (AvgIpc) is 2.31. The van der Waals surface area contributed by atoms with Crippen molar-refractivity contribution in [1.29, 1.82) is 0 Å². The van der Waals surface area contributed by atoms with E-state index in [2.05, 4.69) is 37.2 Å². The van der Waals surface area contributed by atoms with Crippen molar-refractivity contribution in [2.45, 2.75) is 0 Å². The van der Waals surface area contributed by atoms with Gasteiger partial charge in [-0.15, -0.1) is 0 Å². The lowest BCUT2D eigenvalue weighted by Crippen LogP contribution is -2.13. The molecule has 0 radical (unpaired) electrons. The maximum absolute atomic E-state index is 12.1. The number of rotatable bonds is 2. The van der Waals surface area contributed by atoms with Gasteiger partial charge < -0.3 is 16.8 Å². The van der Waals surface area contributed by atoms with Gasteiger partial charge in [0.1, 0.15) is 0 Å². The number of nitrogens with two attached hydrogens (primary N) is 2. The number of carbonyl (C=O) groups is 1. The van der Waals surface area contributed by atoms with Crippen molar-refractivity contribution in [2.75, 3.05) is 16.8 Å². The van der Waals surface area contributed by atoms with Gasteiger partial charge in [0.05, 0.1) is 5.69 Å². The second kappa shape index (κ2) is 5.63. The van der Waals surface area contributed by atoms with Crippen LogP contribution in [0.25, 0.3) is 0 Å². The number of benzene rings is 2. The Hall–Kier alpha value is -1.53. The van der Waals surface area contributed by atoms with Crippen LogP contribution < -0.4 is 16.8 Å². The number of nitrogen functional groups attached to an aromatic ring is 2. The molecule has 0 aliphatic rings. The van der Waals surface area contributed by atoms with Crippen LogP contribution in [0.2, 0.25) is 0 Å². The van der Waals surface area contributed by atoms with E-state index in [1.54, 1.807) is 24.3 Å². The fraction of sp³-hybridized carbons (Fsp3) is 0. The zero-order valence-electron chi connectivity index (χ0n) is 9.78. The Morgan fingerprint density at radius 3 is 2.21 bits per heavy atom. The Labute approximate surface area is 127 Å². The minimum Gasteiger partial charge on any atom is -0.399 e. The van der Waals surface area contributed by atoms with E-state index in [9.17, 15) is 4.79 Å². The molecular formula is C13H11Br2N3O. The normalized spacial score (nSPS) is 10.2. The van der Waals surface area contributed by atoms with Crippen LogP contribution in [0, 0.1) is 0 Å². The first kappa shape index (κ1) is 13.9. The summed E-state index contributed by atoms with van der Waals surface area (Å²) in [4.78, 5) is 12.1. The molecule has 4 nitrogen and oxygen atoms in total. The van der Waals surface area contributed by atoms with Crippen molar-refractivity contribution in [2.24, 2.45) is 0 Å². The monoisotopic (exact) mass is 383 g/mol. The molecule has 0 aromatic heterocycles.